The van der Waals surface area contributed by atoms with E-state index in [2.05, 4.69) is 38.0 Å². The predicted molar refractivity (Wildman–Crippen MR) is 202 cm³/mol. The van der Waals surface area contributed by atoms with E-state index in [4.69, 9.17) is 28.4 Å². The number of hydrogen-bond donors (Lipinski definition) is 1. The zero-order chi connectivity index (χ0) is 37.8. The van der Waals surface area contributed by atoms with E-state index < -0.39 is 54.3 Å². The Morgan fingerprint density at radius 1 is 0.698 bits per heavy atom. The Labute approximate surface area is 313 Å². The van der Waals surface area contributed by atoms with E-state index in [9.17, 15) is 14.4 Å². The maximum atomic E-state index is 14.0. The molecule has 1 N–H and O–H groups in total. The molecule has 6 atom stereocenters. The van der Waals surface area contributed by atoms with Crippen molar-refractivity contribution >= 4 is 17.7 Å². The number of rotatable bonds is 22. The molecule has 12 heteroatoms. The molecule has 0 unspecified atom stereocenters. The lowest BCUT2D eigenvalue weighted by atomic mass is 9.99. The van der Waals surface area contributed by atoms with Crippen molar-refractivity contribution in [2.75, 3.05) is 38.4 Å². The van der Waals surface area contributed by atoms with E-state index in [0.717, 1.165) is 51.4 Å². The van der Waals surface area contributed by atoms with Crippen LogP contribution >= 0.6 is 0 Å². The summed E-state index contributed by atoms with van der Waals surface area (Å²) >= 11 is 0. The van der Waals surface area contributed by atoms with E-state index >= 15 is 0 Å². The zero-order valence-electron chi connectivity index (χ0n) is 31.7. The van der Waals surface area contributed by atoms with Crippen LogP contribution in [0.2, 0.25) is 0 Å². The van der Waals surface area contributed by atoms with Crippen molar-refractivity contribution in [3.8, 4) is 0 Å². The predicted octanol–water partition coefficient (Wildman–Crippen LogP) is 6.99. The highest BCUT2D eigenvalue weighted by atomic mass is 16.6. The summed E-state index contributed by atoms with van der Waals surface area (Å²) in [4.78, 5) is 45.0. The Morgan fingerprint density at radius 2 is 1.23 bits per heavy atom. The molecule has 0 radical (unpaired) electrons. The fourth-order valence-corrected chi connectivity index (χ4v) is 5.90. The summed E-state index contributed by atoms with van der Waals surface area (Å²) in [6.45, 7) is 10.1. The van der Waals surface area contributed by atoms with Crippen LogP contribution in [-0.4, -0.2) is 85.0 Å². The molecule has 1 saturated heterocycles. The van der Waals surface area contributed by atoms with Gasteiger partial charge in [0.1, 0.15) is 30.2 Å². The van der Waals surface area contributed by atoms with Gasteiger partial charge >= 0.3 is 11.7 Å². The normalized spacial score (nSPS) is 21.5. The summed E-state index contributed by atoms with van der Waals surface area (Å²) in [5.74, 6) is -0.971. The number of ether oxygens (including phenoxy) is 6. The highest BCUT2D eigenvalue weighted by molar-refractivity contribution is 6.03. The van der Waals surface area contributed by atoms with Gasteiger partial charge in [-0.3, -0.25) is 9.36 Å². The zero-order valence-corrected chi connectivity index (χ0v) is 31.7. The van der Waals surface area contributed by atoms with Gasteiger partial charge in [-0.2, -0.15) is 4.98 Å². The van der Waals surface area contributed by atoms with Gasteiger partial charge in [0.2, 0.25) is 0 Å². The standard InChI is InChI=1S/C41H57N3O9/c1-5-9-25-48-29-32-34(49-26-10-6-2)35(50-27-11-7-3)36(51-28-12-8-4)37(53-40(46)31-21-17-14-18-22-31)39(52-32)44-24-23-33(43-41(44)47)42-38(45)30-19-15-13-16-20-30/h13-24,32,34-37,39H,5-12,25-29H2,1-4H3,(H,42,43,45,47)/t32-,34-,35+,36-,37-,39-/m1/s1. The molecule has 1 aliphatic rings. The van der Waals surface area contributed by atoms with Crippen molar-refractivity contribution in [2.45, 2.75) is 116 Å². The minimum absolute atomic E-state index is 0.0586. The third-order valence-corrected chi connectivity index (χ3v) is 8.92. The van der Waals surface area contributed by atoms with Gasteiger partial charge in [0, 0.05) is 38.2 Å². The van der Waals surface area contributed by atoms with Gasteiger partial charge in [-0.15, -0.1) is 0 Å². The SMILES string of the molecule is CCCCOC[C@H]1O[C@@H](n2ccc(NC(=O)c3ccccc3)nc2=O)[C@H](OC(=O)c2ccccc2)[C@H](OCCCC)[C@@H](OCCCC)[C@@H]1OCCCC. The molecule has 12 nitrogen and oxygen atoms in total. The smallest absolute Gasteiger partial charge is 0.351 e. The van der Waals surface area contributed by atoms with Crippen LogP contribution in [0, 0.1) is 0 Å². The van der Waals surface area contributed by atoms with Crippen LogP contribution < -0.4 is 11.0 Å². The first kappa shape index (κ1) is 41.8. The first-order chi connectivity index (χ1) is 25.9. The molecule has 1 fully saturated rings. The lowest BCUT2D eigenvalue weighted by molar-refractivity contribution is -0.176. The van der Waals surface area contributed by atoms with Gasteiger partial charge in [-0.05, 0) is 56.0 Å². The van der Waals surface area contributed by atoms with E-state index in [1.807, 2.05) is 12.1 Å². The molecule has 0 bridgehead atoms. The number of carbonyl (C=O) groups is 2. The van der Waals surface area contributed by atoms with E-state index in [0.29, 0.717) is 37.6 Å². The average Bonchev–Trinajstić information content (AvgIpc) is 3.28. The van der Waals surface area contributed by atoms with Crippen LogP contribution in [0.3, 0.4) is 0 Å². The summed E-state index contributed by atoms with van der Waals surface area (Å²) in [5, 5.41) is 2.70. The molecular weight excluding hydrogens is 678 g/mol. The molecule has 53 heavy (non-hydrogen) atoms. The molecule has 4 rings (SSSR count). The van der Waals surface area contributed by atoms with Gasteiger partial charge in [0.05, 0.1) is 12.2 Å². The van der Waals surface area contributed by atoms with Gasteiger partial charge in [-0.1, -0.05) is 89.8 Å². The fourth-order valence-electron chi connectivity index (χ4n) is 5.90. The van der Waals surface area contributed by atoms with Crippen LogP contribution in [-0.2, 0) is 28.4 Å². The summed E-state index contributed by atoms with van der Waals surface area (Å²) in [6, 6.07) is 18.8. The Bertz CT molecular complexity index is 1550. The number of carbonyl (C=O) groups excluding carboxylic acids is 2. The summed E-state index contributed by atoms with van der Waals surface area (Å²) in [7, 11) is 0. The fraction of sp³-hybridized carbons (Fsp3) is 0.561. The van der Waals surface area contributed by atoms with E-state index in [-0.39, 0.29) is 12.4 Å². The summed E-state index contributed by atoms with van der Waals surface area (Å²) in [5.41, 5.74) is 0.0129. The maximum Gasteiger partial charge on any atom is 0.351 e. The Morgan fingerprint density at radius 3 is 1.79 bits per heavy atom. The van der Waals surface area contributed by atoms with Crippen molar-refractivity contribution in [1.82, 2.24) is 9.55 Å². The van der Waals surface area contributed by atoms with Crippen LogP contribution in [0.4, 0.5) is 5.82 Å². The second-order valence-electron chi connectivity index (χ2n) is 13.1. The molecule has 0 spiro atoms. The molecule has 0 saturated carbocycles. The average molecular weight is 736 g/mol. The number of amides is 1. The van der Waals surface area contributed by atoms with Crippen molar-refractivity contribution < 1.29 is 38.0 Å². The number of nitrogens with one attached hydrogen (secondary N) is 1. The largest absolute Gasteiger partial charge is 0.451 e. The van der Waals surface area contributed by atoms with Crippen molar-refractivity contribution in [3.63, 3.8) is 0 Å². The van der Waals surface area contributed by atoms with Crippen LogP contribution in [0.15, 0.2) is 77.7 Å². The minimum Gasteiger partial charge on any atom is -0.451 e. The number of hydrogen-bond acceptors (Lipinski definition) is 10. The number of unbranched alkanes of at least 4 members (excludes halogenated alkanes) is 4. The monoisotopic (exact) mass is 735 g/mol. The van der Waals surface area contributed by atoms with Gasteiger partial charge in [0.25, 0.3) is 5.91 Å². The van der Waals surface area contributed by atoms with Gasteiger partial charge in [0.15, 0.2) is 12.3 Å². The lowest BCUT2D eigenvalue weighted by Gasteiger charge is -2.36. The van der Waals surface area contributed by atoms with E-state index in [1.165, 1.54) is 16.8 Å². The van der Waals surface area contributed by atoms with Crippen molar-refractivity contribution in [2.24, 2.45) is 0 Å². The van der Waals surface area contributed by atoms with Crippen LogP contribution in [0.25, 0.3) is 0 Å². The number of esters is 1. The lowest BCUT2D eigenvalue weighted by Crippen LogP contribution is -2.53. The van der Waals surface area contributed by atoms with Crippen LogP contribution in [0.1, 0.15) is 106 Å². The topological polar surface area (TPSA) is 136 Å². The molecule has 1 aliphatic heterocycles. The van der Waals surface area contributed by atoms with Gasteiger partial charge < -0.3 is 33.7 Å². The highest BCUT2D eigenvalue weighted by Gasteiger charge is 2.51. The van der Waals surface area contributed by atoms with Crippen LogP contribution in [0.5, 0.6) is 0 Å². The number of anilines is 1. The molecule has 1 aromatic heterocycles. The number of aromatic nitrogens is 2. The molecular formula is C41H57N3O9. The third-order valence-electron chi connectivity index (χ3n) is 8.92. The molecule has 2 aromatic carbocycles. The summed E-state index contributed by atoms with van der Waals surface area (Å²) in [6.07, 6.45) is 2.78. The maximum absolute atomic E-state index is 14.0. The molecule has 0 aliphatic carbocycles. The van der Waals surface area contributed by atoms with Gasteiger partial charge in [-0.25, -0.2) is 9.59 Å². The number of nitrogens with zero attached hydrogens (tertiary/aromatic N) is 2. The Hall–Kier alpha value is -3.94. The first-order valence-corrected chi connectivity index (χ1v) is 19.2. The molecule has 3 aromatic rings. The third kappa shape index (κ3) is 12.6. The van der Waals surface area contributed by atoms with Crippen molar-refractivity contribution in [1.29, 1.82) is 0 Å². The van der Waals surface area contributed by atoms with Crippen molar-refractivity contribution in [3.05, 3.63) is 94.5 Å². The minimum atomic E-state index is -1.23. The highest BCUT2D eigenvalue weighted by Crippen LogP contribution is 2.35. The molecule has 290 valence electrons. The molecule has 1 amide bonds. The Kier molecular flexibility index (Phi) is 18.1. The van der Waals surface area contributed by atoms with E-state index in [1.54, 1.807) is 48.5 Å². The second kappa shape index (κ2) is 23.0. The molecule has 2 heterocycles. The number of benzene rings is 2. The quantitative estimate of drug-likeness (QED) is 0.0850. The second-order valence-corrected chi connectivity index (χ2v) is 13.1. The Balaban J connectivity index is 1.84. The summed E-state index contributed by atoms with van der Waals surface area (Å²) < 4.78 is 40.6. The first-order valence-electron chi connectivity index (χ1n) is 19.2.